The van der Waals surface area contributed by atoms with Gasteiger partial charge in [-0.15, -0.1) is 0 Å². The van der Waals surface area contributed by atoms with Gasteiger partial charge in [-0.2, -0.15) is 0 Å². The average Bonchev–Trinajstić information content (AvgIpc) is 2.16. The van der Waals surface area contributed by atoms with Gasteiger partial charge in [0.15, 0.2) is 5.60 Å². The molecule has 0 atom stereocenters. The number of rotatable bonds is 7. The number of carboxylic acids is 3. The summed E-state index contributed by atoms with van der Waals surface area (Å²) in [7, 11) is 0. The monoisotopic (exact) mass is 284 g/mol. The zero-order chi connectivity index (χ0) is 14.8. The van der Waals surface area contributed by atoms with E-state index >= 15 is 0 Å². The van der Waals surface area contributed by atoms with E-state index in [1.165, 1.54) is 0 Å². The minimum Gasteiger partial charge on any atom is -0.481 e. The quantitative estimate of drug-likeness (QED) is 0.459. The van der Waals surface area contributed by atoms with Gasteiger partial charge in [0.1, 0.15) is 0 Å². The molecular formula is C10H20O9. The van der Waals surface area contributed by atoms with Crippen LogP contribution in [0, 0.1) is 0 Å². The summed E-state index contributed by atoms with van der Waals surface area (Å²) < 4.78 is 4.83. The summed E-state index contributed by atoms with van der Waals surface area (Å²) in [5, 5.41) is 33.8. The van der Waals surface area contributed by atoms with Gasteiger partial charge in [0.2, 0.25) is 0 Å². The minimum atomic E-state index is -2.74. The van der Waals surface area contributed by atoms with E-state index in [1.54, 1.807) is 0 Å². The van der Waals surface area contributed by atoms with Crippen molar-refractivity contribution in [1.82, 2.24) is 0 Å². The maximum atomic E-state index is 10.3. The highest BCUT2D eigenvalue weighted by Gasteiger charge is 2.40. The molecule has 6 N–H and O–H groups in total. The average molecular weight is 284 g/mol. The molecule has 0 aliphatic rings. The van der Waals surface area contributed by atoms with Crippen LogP contribution in [-0.4, -0.2) is 62.6 Å². The Morgan fingerprint density at radius 2 is 1.26 bits per heavy atom. The Morgan fingerprint density at radius 3 is 1.37 bits per heavy atom. The van der Waals surface area contributed by atoms with Crippen LogP contribution in [0.4, 0.5) is 0 Å². The van der Waals surface area contributed by atoms with Crippen LogP contribution in [0.3, 0.4) is 0 Å². The molecule has 9 heteroatoms. The first kappa shape index (κ1) is 22.5. The third kappa shape index (κ3) is 12.5. The molecule has 0 unspecified atom stereocenters. The van der Waals surface area contributed by atoms with Gasteiger partial charge in [-0.05, 0) is 13.8 Å². The molecule has 0 amide bonds. The van der Waals surface area contributed by atoms with Crippen LogP contribution in [0.5, 0.6) is 0 Å². The fourth-order valence-electron chi connectivity index (χ4n) is 0.918. The molecule has 114 valence electrons. The van der Waals surface area contributed by atoms with Crippen molar-refractivity contribution in [3.8, 4) is 0 Å². The van der Waals surface area contributed by atoms with Gasteiger partial charge in [-0.25, -0.2) is 4.79 Å². The molecule has 0 saturated heterocycles. The number of aliphatic hydroxyl groups is 1. The lowest BCUT2D eigenvalue weighted by Gasteiger charge is -2.18. The maximum Gasteiger partial charge on any atom is 0.336 e. The third-order valence-corrected chi connectivity index (χ3v) is 1.69. The van der Waals surface area contributed by atoms with E-state index < -0.39 is 36.4 Å². The lowest BCUT2D eigenvalue weighted by molar-refractivity contribution is -0.170. The second-order valence-corrected chi connectivity index (χ2v) is 3.26. The highest BCUT2D eigenvalue weighted by molar-refractivity contribution is 5.88. The van der Waals surface area contributed by atoms with Crippen molar-refractivity contribution in [3.63, 3.8) is 0 Å². The van der Waals surface area contributed by atoms with Crippen LogP contribution >= 0.6 is 0 Å². The zero-order valence-corrected chi connectivity index (χ0v) is 10.8. The molecule has 19 heavy (non-hydrogen) atoms. The predicted molar refractivity (Wildman–Crippen MR) is 62.9 cm³/mol. The normalized spacial score (nSPS) is 9.63. The summed E-state index contributed by atoms with van der Waals surface area (Å²) in [6.07, 6.45) is -2.29. The Labute approximate surface area is 109 Å². The van der Waals surface area contributed by atoms with Crippen LogP contribution < -0.4 is 0 Å². The first-order valence-electron chi connectivity index (χ1n) is 5.16. The third-order valence-electron chi connectivity index (χ3n) is 1.69. The van der Waals surface area contributed by atoms with Gasteiger partial charge in [0.05, 0.1) is 12.8 Å². The fourth-order valence-corrected chi connectivity index (χ4v) is 0.918. The molecule has 0 aliphatic heterocycles. The SMILES string of the molecule is CCOCC.O.O=C(O)CC(O)(CC(=O)O)C(=O)O. The number of carboxylic acid groups (broad SMARTS) is 3. The molecule has 0 aromatic carbocycles. The van der Waals surface area contributed by atoms with Crippen molar-refractivity contribution < 1.29 is 45.0 Å². The second-order valence-electron chi connectivity index (χ2n) is 3.26. The van der Waals surface area contributed by atoms with E-state index in [-0.39, 0.29) is 5.48 Å². The van der Waals surface area contributed by atoms with Crippen molar-refractivity contribution in [1.29, 1.82) is 0 Å². The van der Waals surface area contributed by atoms with Gasteiger partial charge in [0.25, 0.3) is 0 Å². The molecule has 0 radical (unpaired) electrons. The molecule has 0 aromatic rings. The molecular weight excluding hydrogens is 264 g/mol. The highest BCUT2D eigenvalue weighted by atomic mass is 16.5. The van der Waals surface area contributed by atoms with E-state index in [1.807, 2.05) is 13.8 Å². The molecule has 0 saturated carbocycles. The second kappa shape index (κ2) is 11.4. The summed E-state index contributed by atoms with van der Waals surface area (Å²) >= 11 is 0. The van der Waals surface area contributed by atoms with Crippen LogP contribution in [0.25, 0.3) is 0 Å². The Balaban J connectivity index is -0.000000366. The predicted octanol–water partition coefficient (Wildman–Crippen LogP) is -1.03. The van der Waals surface area contributed by atoms with Gasteiger partial charge < -0.3 is 30.6 Å². The highest BCUT2D eigenvalue weighted by Crippen LogP contribution is 2.15. The number of aliphatic carboxylic acids is 3. The summed E-state index contributed by atoms with van der Waals surface area (Å²) in [5.74, 6) is -5.02. The van der Waals surface area contributed by atoms with Crippen molar-refractivity contribution in [2.75, 3.05) is 13.2 Å². The van der Waals surface area contributed by atoms with Gasteiger partial charge in [-0.3, -0.25) is 9.59 Å². The van der Waals surface area contributed by atoms with Crippen molar-refractivity contribution >= 4 is 17.9 Å². The standard InChI is InChI=1S/C6H8O7.C4H10O.H2O/c7-3(8)1-6(13,5(11)12)2-4(9)10;1-3-5-4-2;/h13H,1-2H2,(H,7,8)(H,9,10)(H,11,12);3-4H2,1-2H3;1H2. The smallest absolute Gasteiger partial charge is 0.336 e. The Hall–Kier alpha value is -1.71. The fraction of sp³-hybridized carbons (Fsp3) is 0.700. The number of carbonyl (C=O) groups is 3. The Kier molecular flexibility index (Phi) is 13.5. The molecule has 0 heterocycles. The Morgan fingerprint density at radius 1 is 0.947 bits per heavy atom. The van der Waals surface area contributed by atoms with Gasteiger partial charge >= 0.3 is 17.9 Å². The molecule has 0 rings (SSSR count). The maximum absolute atomic E-state index is 10.3. The summed E-state index contributed by atoms with van der Waals surface area (Å²) in [5.41, 5.74) is -2.74. The van der Waals surface area contributed by atoms with Crippen LogP contribution in [0.2, 0.25) is 0 Å². The molecule has 0 bridgehead atoms. The van der Waals surface area contributed by atoms with Gasteiger partial charge in [0, 0.05) is 13.2 Å². The molecule has 0 aliphatic carbocycles. The minimum absolute atomic E-state index is 0. The zero-order valence-electron chi connectivity index (χ0n) is 10.8. The molecule has 0 aromatic heterocycles. The number of hydrogen-bond acceptors (Lipinski definition) is 5. The topological polar surface area (TPSA) is 173 Å². The molecule has 0 spiro atoms. The summed E-state index contributed by atoms with van der Waals surface area (Å²) in [6.45, 7) is 5.67. The first-order chi connectivity index (χ1) is 8.19. The largest absolute Gasteiger partial charge is 0.481 e. The van der Waals surface area contributed by atoms with E-state index in [4.69, 9.17) is 25.2 Å². The van der Waals surface area contributed by atoms with E-state index in [0.29, 0.717) is 0 Å². The van der Waals surface area contributed by atoms with Crippen molar-refractivity contribution in [3.05, 3.63) is 0 Å². The lowest BCUT2D eigenvalue weighted by atomic mass is 9.96. The molecule has 0 fully saturated rings. The summed E-state index contributed by atoms with van der Waals surface area (Å²) in [4.78, 5) is 30.5. The molecule has 9 nitrogen and oxygen atoms in total. The first-order valence-corrected chi connectivity index (χ1v) is 5.16. The van der Waals surface area contributed by atoms with Gasteiger partial charge in [-0.1, -0.05) is 0 Å². The summed E-state index contributed by atoms with van der Waals surface area (Å²) in [6, 6.07) is 0. The van der Waals surface area contributed by atoms with Crippen molar-refractivity contribution in [2.45, 2.75) is 32.3 Å². The lowest BCUT2D eigenvalue weighted by Crippen LogP contribution is -2.42. The number of ether oxygens (including phenoxy) is 1. The van der Waals surface area contributed by atoms with Crippen LogP contribution in [0.1, 0.15) is 26.7 Å². The van der Waals surface area contributed by atoms with Crippen molar-refractivity contribution in [2.24, 2.45) is 0 Å². The van der Waals surface area contributed by atoms with Crippen LogP contribution in [-0.2, 0) is 19.1 Å². The Bertz CT molecular complexity index is 269. The van der Waals surface area contributed by atoms with E-state index in [0.717, 1.165) is 13.2 Å². The number of hydrogen-bond donors (Lipinski definition) is 4. The van der Waals surface area contributed by atoms with E-state index in [9.17, 15) is 14.4 Å². The van der Waals surface area contributed by atoms with E-state index in [2.05, 4.69) is 0 Å². The van der Waals surface area contributed by atoms with Crippen LogP contribution in [0.15, 0.2) is 0 Å².